The number of aromatic amines is 1. The molecule has 1 saturated heterocycles. The number of H-pyrrole nitrogens is 1. The van der Waals surface area contributed by atoms with Gasteiger partial charge in [-0.1, -0.05) is 0 Å². The summed E-state index contributed by atoms with van der Waals surface area (Å²) >= 11 is 0. The molecule has 1 aliphatic rings. The van der Waals surface area contributed by atoms with E-state index in [9.17, 15) is 9.59 Å². The molecule has 1 N–H and O–H groups in total. The Bertz CT molecular complexity index is 644. The van der Waals surface area contributed by atoms with Crippen LogP contribution in [0.3, 0.4) is 0 Å². The normalized spacial score (nSPS) is 14.7. The number of amides is 1. The second-order valence-corrected chi connectivity index (χ2v) is 4.45. The number of pyridine rings is 1. The van der Waals surface area contributed by atoms with Crippen LogP contribution in [0.2, 0.25) is 0 Å². The smallest absolute Gasteiger partial charge is 0.274 e. The molecule has 20 heavy (non-hydrogen) atoms. The topological polar surface area (TPSA) is 88.2 Å². The van der Waals surface area contributed by atoms with Crippen LogP contribution in [0.5, 0.6) is 5.75 Å². The molecule has 0 saturated carbocycles. The zero-order chi connectivity index (χ0) is 13.9. The molecule has 0 radical (unpaired) electrons. The van der Waals surface area contributed by atoms with Gasteiger partial charge in [-0.25, -0.2) is 5.10 Å². The SMILES string of the molecule is O=C(c1ccc(=O)[nH]n1)N1CC(Oc2cccnc2)C1. The lowest BCUT2D eigenvalue weighted by atomic mass is 10.1. The van der Waals surface area contributed by atoms with Crippen molar-refractivity contribution in [2.75, 3.05) is 13.1 Å². The summed E-state index contributed by atoms with van der Waals surface area (Å²) in [4.78, 5) is 28.5. The Morgan fingerprint density at radius 3 is 2.85 bits per heavy atom. The van der Waals surface area contributed by atoms with Crippen molar-refractivity contribution >= 4 is 5.91 Å². The molecule has 3 rings (SSSR count). The average Bonchev–Trinajstić information content (AvgIpc) is 2.44. The zero-order valence-corrected chi connectivity index (χ0v) is 10.5. The first-order chi connectivity index (χ1) is 9.72. The lowest BCUT2D eigenvalue weighted by molar-refractivity contribution is 0.0171. The summed E-state index contributed by atoms with van der Waals surface area (Å²) in [6.45, 7) is 0.989. The van der Waals surface area contributed by atoms with Gasteiger partial charge in [0.2, 0.25) is 0 Å². The van der Waals surface area contributed by atoms with Crippen molar-refractivity contribution < 1.29 is 9.53 Å². The predicted octanol–water partition coefficient (Wildman–Crippen LogP) is 0.0683. The molecule has 0 aromatic carbocycles. The highest BCUT2D eigenvalue weighted by Crippen LogP contribution is 2.18. The van der Waals surface area contributed by atoms with Gasteiger partial charge in [0.25, 0.3) is 11.5 Å². The van der Waals surface area contributed by atoms with E-state index in [4.69, 9.17) is 4.74 Å². The fourth-order valence-corrected chi connectivity index (χ4v) is 1.91. The quantitative estimate of drug-likeness (QED) is 0.854. The van der Waals surface area contributed by atoms with Crippen molar-refractivity contribution in [3.05, 3.63) is 52.7 Å². The van der Waals surface area contributed by atoms with Crippen LogP contribution < -0.4 is 10.3 Å². The van der Waals surface area contributed by atoms with Crippen LogP contribution in [0.25, 0.3) is 0 Å². The van der Waals surface area contributed by atoms with Crippen LogP contribution in [-0.4, -0.2) is 45.2 Å². The van der Waals surface area contributed by atoms with Crippen LogP contribution in [0.4, 0.5) is 0 Å². The maximum atomic E-state index is 12.0. The molecule has 0 bridgehead atoms. The Hall–Kier alpha value is -2.70. The number of nitrogens with zero attached hydrogens (tertiary/aromatic N) is 3. The Balaban J connectivity index is 1.56. The molecule has 2 aromatic heterocycles. The van der Waals surface area contributed by atoms with Gasteiger partial charge in [-0.2, -0.15) is 5.10 Å². The highest BCUT2D eigenvalue weighted by Gasteiger charge is 2.33. The van der Waals surface area contributed by atoms with Gasteiger partial charge in [0.15, 0.2) is 0 Å². The molecule has 3 heterocycles. The molecule has 0 aliphatic carbocycles. The summed E-state index contributed by atoms with van der Waals surface area (Å²) in [7, 11) is 0. The molecule has 0 unspecified atom stereocenters. The Kier molecular flexibility index (Phi) is 3.16. The second kappa shape index (κ2) is 5.12. The highest BCUT2D eigenvalue weighted by atomic mass is 16.5. The number of carbonyl (C=O) groups is 1. The number of nitrogens with one attached hydrogen (secondary N) is 1. The number of aromatic nitrogens is 3. The van der Waals surface area contributed by atoms with E-state index in [0.29, 0.717) is 18.8 Å². The van der Waals surface area contributed by atoms with Crippen LogP contribution in [0.15, 0.2) is 41.5 Å². The maximum Gasteiger partial charge on any atom is 0.274 e. The number of hydrogen-bond donors (Lipinski definition) is 1. The van der Waals surface area contributed by atoms with Crippen molar-refractivity contribution in [3.8, 4) is 5.75 Å². The van der Waals surface area contributed by atoms with E-state index in [1.54, 1.807) is 23.4 Å². The molecule has 1 fully saturated rings. The van der Waals surface area contributed by atoms with E-state index in [0.717, 1.165) is 0 Å². The van der Waals surface area contributed by atoms with Crippen LogP contribution in [0, 0.1) is 0 Å². The van der Waals surface area contributed by atoms with Gasteiger partial charge in [0, 0.05) is 12.3 Å². The molecular formula is C13H12N4O3. The van der Waals surface area contributed by atoms with Gasteiger partial charge in [-0.3, -0.25) is 14.6 Å². The first kappa shape index (κ1) is 12.3. The third-order valence-electron chi connectivity index (χ3n) is 2.97. The van der Waals surface area contributed by atoms with E-state index in [1.165, 1.54) is 12.1 Å². The summed E-state index contributed by atoms with van der Waals surface area (Å²) in [6.07, 6.45) is 3.27. The number of carbonyl (C=O) groups excluding carboxylic acids is 1. The van der Waals surface area contributed by atoms with Crippen molar-refractivity contribution in [2.24, 2.45) is 0 Å². The average molecular weight is 272 g/mol. The molecule has 102 valence electrons. The minimum absolute atomic E-state index is 0.0362. The Labute approximate surface area is 114 Å². The summed E-state index contributed by atoms with van der Waals surface area (Å²) in [5.74, 6) is 0.471. The number of ether oxygens (including phenoxy) is 1. The molecule has 0 atom stereocenters. The summed E-state index contributed by atoms with van der Waals surface area (Å²) in [5, 5.41) is 5.95. The van der Waals surface area contributed by atoms with E-state index < -0.39 is 0 Å². The van der Waals surface area contributed by atoms with E-state index in [2.05, 4.69) is 15.2 Å². The van der Waals surface area contributed by atoms with E-state index in [1.807, 2.05) is 6.07 Å². The molecule has 7 nitrogen and oxygen atoms in total. The van der Waals surface area contributed by atoms with Gasteiger partial charge >= 0.3 is 0 Å². The molecule has 0 spiro atoms. The zero-order valence-electron chi connectivity index (χ0n) is 10.5. The van der Waals surface area contributed by atoms with Crippen molar-refractivity contribution in [3.63, 3.8) is 0 Å². The fourth-order valence-electron chi connectivity index (χ4n) is 1.91. The monoisotopic (exact) mass is 272 g/mol. The van der Waals surface area contributed by atoms with Gasteiger partial charge in [-0.05, 0) is 18.2 Å². The van der Waals surface area contributed by atoms with Crippen LogP contribution in [0.1, 0.15) is 10.5 Å². The molecule has 1 aliphatic heterocycles. The van der Waals surface area contributed by atoms with Gasteiger partial charge < -0.3 is 9.64 Å². The molecular weight excluding hydrogens is 260 g/mol. The lowest BCUT2D eigenvalue weighted by Gasteiger charge is -2.38. The predicted molar refractivity (Wildman–Crippen MR) is 69.4 cm³/mol. The number of hydrogen-bond acceptors (Lipinski definition) is 5. The summed E-state index contributed by atoms with van der Waals surface area (Å²) < 4.78 is 5.65. The highest BCUT2D eigenvalue weighted by molar-refractivity contribution is 5.92. The second-order valence-electron chi connectivity index (χ2n) is 4.45. The van der Waals surface area contributed by atoms with Crippen molar-refractivity contribution in [2.45, 2.75) is 6.10 Å². The lowest BCUT2D eigenvalue weighted by Crippen LogP contribution is -2.56. The minimum atomic E-state index is -0.331. The van der Waals surface area contributed by atoms with Gasteiger partial charge in [0.05, 0.1) is 19.3 Å². The largest absolute Gasteiger partial charge is 0.485 e. The Morgan fingerprint density at radius 2 is 2.20 bits per heavy atom. The Morgan fingerprint density at radius 1 is 1.35 bits per heavy atom. The van der Waals surface area contributed by atoms with Crippen molar-refractivity contribution in [1.82, 2.24) is 20.1 Å². The first-order valence-electron chi connectivity index (χ1n) is 6.14. The standard InChI is InChI=1S/C13H12N4O3/c18-12-4-3-11(15-16-12)13(19)17-7-10(8-17)20-9-2-1-5-14-6-9/h1-6,10H,7-8H2,(H,16,18). The van der Waals surface area contributed by atoms with Crippen LogP contribution >= 0.6 is 0 Å². The van der Waals surface area contributed by atoms with Gasteiger partial charge in [-0.15, -0.1) is 0 Å². The molecule has 1 amide bonds. The third-order valence-corrected chi connectivity index (χ3v) is 2.97. The van der Waals surface area contributed by atoms with Crippen LogP contribution in [-0.2, 0) is 0 Å². The summed E-state index contributed by atoms with van der Waals surface area (Å²) in [5.41, 5.74) is -0.104. The minimum Gasteiger partial charge on any atom is -0.485 e. The number of rotatable bonds is 3. The summed E-state index contributed by atoms with van der Waals surface area (Å²) in [6, 6.07) is 6.31. The third kappa shape index (κ3) is 2.51. The fraction of sp³-hybridized carbons (Fsp3) is 0.231. The first-order valence-corrected chi connectivity index (χ1v) is 6.14. The molecule has 2 aromatic rings. The van der Waals surface area contributed by atoms with Gasteiger partial charge in [0.1, 0.15) is 17.5 Å². The van der Waals surface area contributed by atoms with E-state index in [-0.39, 0.29) is 23.3 Å². The number of likely N-dealkylation sites (tertiary alicyclic amines) is 1. The molecule has 7 heteroatoms. The maximum absolute atomic E-state index is 12.0. The van der Waals surface area contributed by atoms with E-state index >= 15 is 0 Å². The van der Waals surface area contributed by atoms with Crippen molar-refractivity contribution in [1.29, 1.82) is 0 Å².